The molecule has 1 heterocycles. The van der Waals surface area contributed by atoms with Gasteiger partial charge < -0.3 is 10.5 Å². The van der Waals surface area contributed by atoms with Crippen LogP contribution in [0.25, 0.3) is 0 Å². The molecule has 0 radical (unpaired) electrons. The van der Waals surface area contributed by atoms with E-state index in [4.69, 9.17) is 22.1 Å². The fraction of sp³-hybridized carbons (Fsp3) is 0.500. The van der Waals surface area contributed by atoms with Gasteiger partial charge in [-0.3, -0.25) is 4.98 Å². The molecule has 0 aromatic carbocycles. The molecule has 1 atom stereocenters. The van der Waals surface area contributed by atoms with Crippen molar-refractivity contribution in [2.24, 2.45) is 5.73 Å². The first-order chi connectivity index (χ1) is 6.76. The number of nitrogens with zero attached hydrogens (tertiary/aromatic N) is 1. The van der Waals surface area contributed by atoms with Crippen molar-refractivity contribution in [2.45, 2.75) is 25.9 Å². The average molecular weight is 215 g/mol. The van der Waals surface area contributed by atoms with Crippen molar-refractivity contribution in [3.05, 3.63) is 23.5 Å². The van der Waals surface area contributed by atoms with E-state index in [9.17, 15) is 0 Å². The summed E-state index contributed by atoms with van der Waals surface area (Å²) < 4.78 is 5.61. The summed E-state index contributed by atoms with van der Waals surface area (Å²) in [5.41, 5.74) is 5.57. The molecular weight excluding hydrogens is 200 g/mol. The monoisotopic (exact) mass is 214 g/mol. The Labute approximate surface area is 89.2 Å². The van der Waals surface area contributed by atoms with E-state index in [1.807, 2.05) is 0 Å². The van der Waals surface area contributed by atoms with E-state index in [0.717, 1.165) is 12.8 Å². The molecular formula is C10H15ClN2O. The van der Waals surface area contributed by atoms with Crippen LogP contribution in [-0.2, 0) is 0 Å². The number of nitrogens with two attached hydrogens (primary N) is 1. The van der Waals surface area contributed by atoms with Gasteiger partial charge in [0, 0.05) is 18.8 Å². The average Bonchev–Trinajstić information content (AvgIpc) is 2.17. The van der Waals surface area contributed by atoms with Gasteiger partial charge in [-0.15, -0.1) is 0 Å². The lowest BCUT2D eigenvalue weighted by Crippen LogP contribution is -2.26. The summed E-state index contributed by atoms with van der Waals surface area (Å²) in [5, 5.41) is 0.578. The maximum atomic E-state index is 5.77. The van der Waals surface area contributed by atoms with Gasteiger partial charge in [-0.05, 0) is 6.42 Å². The van der Waals surface area contributed by atoms with Crippen molar-refractivity contribution >= 4 is 11.6 Å². The molecule has 0 bridgehead atoms. The third kappa shape index (κ3) is 3.52. The van der Waals surface area contributed by atoms with Gasteiger partial charge in [0.2, 0.25) is 0 Å². The largest absolute Gasteiger partial charge is 0.487 e. The van der Waals surface area contributed by atoms with E-state index >= 15 is 0 Å². The molecule has 1 aromatic rings. The fourth-order valence-electron chi connectivity index (χ4n) is 1.20. The molecule has 0 fully saturated rings. The number of hydrogen-bond donors (Lipinski definition) is 1. The second-order valence-electron chi connectivity index (χ2n) is 3.10. The Kier molecular flexibility index (Phi) is 4.70. The van der Waals surface area contributed by atoms with Crippen LogP contribution in [0.5, 0.6) is 5.75 Å². The third-order valence-corrected chi connectivity index (χ3v) is 2.06. The third-order valence-electron chi connectivity index (χ3n) is 1.86. The van der Waals surface area contributed by atoms with Crippen LogP contribution in [0.4, 0.5) is 0 Å². The molecule has 0 saturated carbocycles. The molecule has 1 unspecified atom stereocenters. The van der Waals surface area contributed by atoms with E-state index in [0.29, 0.717) is 17.3 Å². The summed E-state index contributed by atoms with van der Waals surface area (Å²) >= 11 is 5.77. The van der Waals surface area contributed by atoms with Gasteiger partial charge in [0.15, 0.2) is 0 Å². The smallest absolute Gasteiger partial charge is 0.139 e. The maximum absolute atomic E-state index is 5.77. The van der Waals surface area contributed by atoms with Crippen molar-refractivity contribution < 1.29 is 4.74 Å². The Hall–Kier alpha value is -0.800. The first-order valence-electron chi connectivity index (χ1n) is 4.73. The Balaban J connectivity index is 2.57. The standard InChI is InChI=1S/C10H15ClN2O/c1-2-3-9(5-12)14-10-4-8(11)6-13-7-10/h4,6-7,9H,2-3,5,12H2,1H3. The minimum atomic E-state index is 0.0558. The van der Waals surface area contributed by atoms with E-state index in [-0.39, 0.29) is 6.10 Å². The summed E-state index contributed by atoms with van der Waals surface area (Å²) in [6.45, 7) is 2.61. The van der Waals surface area contributed by atoms with Crippen LogP contribution in [0.15, 0.2) is 18.5 Å². The van der Waals surface area contributed by atoms with Gasteiger partial charge in [-0.1, -0.05) is 24.9 Å². The Morgan fingerprint density at radius 2 is 2.36 bits per heavy atom. The summed E-state index contributed by atoms with van der Waals surface area (Å²) in [6, 6.07) is 1.74. The maximum Gasteiger partial charge on any atom is 0.139 e. The molecule has 14 heavy (non-hydrogen) atoms. The Morgan fingerprint density at radius 3 is 2.93 bits per heavy atom. The number of aromatic nitrogens is 1. The lowest BCUT2D eigenvalue weighted by molar-refractivity contribution is 0.197. The normalized spacial score (nSPS) is 12.5. The Morgan fingerprint density at radius 1 is 1.57 bits per heavy atom. The van der Waals surface area contributed by atoms with Crippen LogP contribution in [0.1, 0.15) is 19.8 Å². The van der Waals surface area contributed by atoms with E-state index < -0.39 is 0 Å². The zero-order chi connectivity index (χ0) is 10.4. The highest BCUT2D eigenvalue weighted by Gasteiger charge is 2.07. The molecule has 0 aliphatic rings. The second-order valence-corrected chi connectivity index (χ2v) is 3.54. The number of pyridine rings is 1. The summed E-state index contributed by atoms with van der Waals surface area (Å²) in [6.07, 6.45) is 5.27. The van der Waals surface area contributed by atoms with Crippen molar-refractivity contribution in [1.82, 2.24) is 4.98 Å². The lowest BCUT2D eigenvalue weighted by atomic mass is 10.2. The van der Waals surface area contributed by atoms with Crippen LogP contribution < -0.4 is 10.5 Å². The van der Waals surface area contributed by atoms with Crippen LogP contribution in [0.2, 0.25) is 5.02 Å². The molecule has 2 N–H and O–H groups in total. The summed E-state index contributed by atoms with van der Waals surface area (Å²) in [4.78, 5) is 3.93. The molecule has 0 aliphatic carbocycles. The number of hydrogen-bond acceptors (Lipinski definition) is 3. The predicted octanol–water partition coefficient (Wildman–Crippen LogP) is 2.24. The second kappa shape index (κ2) is 5.83. The minimum Gasteiger partial charge on any atom is -0.487 e. The predicted molar refractivity (Wildman–Crippen MR) is 57.6 cm³/mol. The number of halogens is 1. The zero-order valence-corrected chi connectivity index (χ0v) is 9.00. The van der Waals surface area contributed by atoms with E-state index in [1.54, 1.807) is 18.5 Å². The van der Waals surface area contributed by atoms with E-state index in [2.05, 4.69) is 11.9 Å². The van der Waals surface area contributed by atoms with Crippen molar-refractivity contribution in [3.63, 3.8) is 0 Å². The number of rotatable bonds is 5. The van der Waals surface area contributed by atoms with Gasteiger partial charge in [0.25, 0.3) is 0 Å². The molecule has 0 saturated heterocycles. The molecule has 0 amide bonds. The molecule has 0 aliphatic heterocycles. The van der Waals surface area contributed by atoms with Crippen LogP contribution in [0, 0.1) is 0 Å². The van der Waals surface area contributed by atoms with Gasteiger partial charge in [-0.25, -0.2) is 0 Å². The Bertz CT molecular complexity index is 281. The van der Waals surface area contributed by atoms with Crippen molar-refractivity contribution in [1.29, 1.82) is 0 Å². The highest BCUT2D eigenvalue weighted by atomic mass is 35.5. The highest BCUT2D eigenvalue weighted by molar-refractivity contribution is 6.30. The minimum absolute atomic E-state index is 0.0558. The quantitative estimate of drug-likeness (QED) is 0.818. The van der Waals surface area contributed by atoms with Gasteiger partial charge in [0.05, 0.1) is 11.2 Å². The molecule has 78 valence electrons. The van der Waals surface area contributed by atoms with Crippen LogP contribution >= 0.6 is 11.6 Å². The summed E-state index contributed by atoms with van der Waals surface area (Å²) in [5.74, 6) is 0.682. The van der Waals surface area contributed by atoms with Gasteiger partial charge in [-0.2, -0.15) is 0 Å². The van der Waals surface area contributed by atoms with Crippen LogP contribution in [-0.4, -0.2) is 17.6 Å². The molecule has 4 heteroatoms. The van der Waals surface area contributed by atoms with Crippen molar-refractivity contribution in [2.75, 3.05) is 6.54 Å². The van der Waals surface area contributed by atoms with Crippen molar-refractivity contribution in [3.8, 4) is 5.75 Å². The first kappa shape index (κ1) is 11.3. The fourth-order valence-corrected chi connectivity index (χ4v) is 1.36. The lowest BCUT2D eigenvalue weighted by Gasteiger charge is -2.16. The molecule has 1 rings (SSSR count). The molecule has 1 aromatic heterocycles. The van der Waals surface area contributed by atoms with Gasteiger partial charge in [0.1, 0.15) is 11.9 Å². The number of ether oxygens (including phenoxy) is 1. The molecule has 3 nitrogen and oxygen atoms in total. The van der Waals surface area contributed by atoms with Gasteiger partial charge >= 0.3 is 0 Å². The topological polar surface area (TPSA) is 48.1 Å². The summed E-state index contributed by atoms with van der Waals surface area (Å²) in [7, 11) is 0. The SMILES string of the molecule is CCCC(CN)Oc1cncc(Cl)c1. The zero-order valence-electron chi connectivity index (χ0n) is 8.24. The van der Waals surface area contributed by atoms with E-state index in [1.165, 1.54) is 0 Å². The van der Waals surface area contributed by atoms with Crippen LogP contribution in [0.3, 0.4) is 0 Å². The first-order valence-corrected chi connectivity index (χ1v) is 5.11. The highest BCUT2D eigenvalue weighted by Crippen LogP contribution is 2.17. The molecule has 0 spiro atoms.